The number of hydrogen-bond donors (Lipinski definition) is 3. The molecule has 6 rings (SSSR count). The minimum atomic E-state index is 0.103. The van der Waals surface area contributed by atoms with Crippen LogP contribution in [0.5, 0.6) is 0 Å². The molecule has 4 aliphatic rings. The van der Waals surface area contributed by atoms with E-state index in [-0.39, 0.29) is 12.2 Å². The molecule has 3 aliphatic heterocycles. The fraction of sp³-hybridized carbons (Fsp3) is 0.766. The lowest BCUT2D eigenvalue weighted by Gasteiger charge is -2.37. The van der Waals surface area contributed by atoms with Crippen molar-refractivity contribution in [3.05, 3.63) is 66.0 Å². The molecule has 7 heteroatoms. The normalized spacial score (nSPS) is 22.9. The van der Waals surface area contributed by atoms with Gasteiger partial charge in [-0.2, -0.15) is 0 Å². The number of piperidine rings is 3. The second kappa shape index (κ2) is 34.4. The van der Waals surface area contributed by atoms with Crippen molar-refractivity contribution < 1.29 is 14.2 Å². The average molecular weight is 755 g/mol. The van der Waals surface area contributed by atoms with Crippen LogP contribution >= 0.6 is 0 Å². The molecule has 1 aromatic carbocycles. The maximum absolute atomic E-state index is 6.06. The first kappa shape index (κ1) is 50.1. The van der Waals surface area contributed by atoms with Crippen molar-refractivity contribution in [2.75, 3.05) is 39.5 Å². The molecule has 0 radical (unpaired) electrons. The molecule has 0 bridgehead atoms. The van der Waals surface area contributed by atoms with Gasteiger partial charge in [0.05, 0.1) is 17.9 Å². The summed E-state index contributed by atoms with van der Waals surface area (Å²) >= 11 is 0. The molecule has 2 aromatic rings. The number of nitrogens with zero attached hydrogens (tertiary/aromatic N) is 1. The van der Waals surface area contributed by atoms with Crippen molar-refractivity contribution >= 4 is 0 Å². The molecule has 1 saturated carbocycles. The zero-order valence-electron chi connectivity index (χ0n) is 36.6. The second-order valence-corrected chi connectivity index (χ2v) is 13.9. The zero-order chi connectivity index (χ0) is 39.7. The molecule has 0 spiro atoms. The van der Waals surface area contributed by atoms with E-state index in [9.17, 15) is 0 Å². The van der Waals surface area contributed by atoms with E-state index in [0.717, 1.165) is 44.5 Å². The second-order valence-electron chi connectivity index (χ2n) is 13.9. The van der Waals surface area contributed by atoms with Crippen LogP contribution in [0.25, 0.3) is 0 Å². The van der Waals surface area contributed by atoms with Crippen LogP contribution < -0.4 is 16.0 Å². The van der Waals surface area contributed by atoms with E-state index < -0.39 is 0 Å². The Bertz CT molecular complexity index is 956. The molecule has 4 fully saturated rings. The van der Waals surface area contributed by atoms with Crippen LogP contribution in [-0.4, -0.2) is 68.7 Å². The molecule has 3 saturated heterocycles. The molecule has 1 aromatic heterocycles. The quantitative estimate of drug-likeness (QED) is 0.199. The number of aromatic nitrogens is 1. The van der Waals surface area contributed by atoms with Crippen LogP contribution in [0.3, 0.4) is 0 Å². The molecule has 6 atom stereocenters. The van der Waals surface area contributed by atoms with Gasteiger partial charge in [-0.3, -0.25) is 4.98 Å². The molecule has 54 heavy (non-hydrogen) atoms. The maximum Gasteiger partial charge on any atom is 0.115 e. The van der Waals surface area contributed by atoms with E-state index >= 15 is 0 Å². The third-order valence-corrected chi connectivity index (χ3v) is 10.4. The molecule has 1 aliphatic carbocycles. The summed E-state index contributed by atoms with van der Waals surface area (Å²) in [4.78, 5) is 4.41. The van der Waals surface area contributed by atoms with Crippen molar-refractivity contribution in [3.63, 3.8) is 0 Å². The summed E-state index contributed by atoms with van der Waals surface area (Å²) in [6, 6.07) is 18.1. The number of rotatable bonds is 12. The van der Waals surface area contributed by atoms with Crippen molar-refractivity contribution in [2.45, 2.75) is 189 Å². The van der Waals surface area contributed by atoms with Crippen LogP contribution in [0.4, 0.5) is 0 Å². The van der Waals surface area contributed by atoms with E-state index in [0.29, 0.717) is 24.2 Å². The molecular formula is C47H86N4O3. The summed E-state index contributed by atoms with van der Waals surface area (Å²) in [7, 11) is 0. The summed E-state index contributed by atoms with van der Waals surface area (Å²) in [6.07, 6.45) is 21.3. The zero-order valence-corrected chi connectivity index (χ0v) is 36.6. The predicted molar refractivity (Wildman–Crippen MR) is 232 cm³/mol. The lowest BCUT2D eigenvalue weighted by atomic mass is 9.81. The highest BCUT2D eigenvalue weighted by Gasteiger charge is 2.32. The monoisotopic (exact) mass is 755 g/mol. The maximum atomic E-state index is 6.06. The largest absolute Gasteiger partial charge is 0.377 e. The van der Waals surface area contributed by atoms with Gasteiger partial charge in [-0.25, -0.2) is 0 Å². The molecular weight excluding hydrogens is 669 g/mol. The van der Waals surface area contributed by atoms with Gasteiger partial charge in [-0.05, 0) is 115 Å². The number of hydrogen-bond acceptors (Lipinski definition) is 7. The standard InChI is InChI=1S/C14H27NO.C14H21NO.C13H20N2O.3C2H6/c2*1-2-16-14(12-8-4-3-5-9-12)13-10-6-7-11-15-13;1-2-16-13(11-7-3-5-9-14-11)12-8-4-6-10-15-12;3*1-2/h12-15H,2-11H2,1H3;3-5,8-9,13-15H,2,6-7,10-11H2,1H3;3,5,7,9,12-13,15H,2,4,6,8,10H2,1H3;3*1-2H3. The lowest BCUT2D eigenvalue weighted by molar-refractivity contribution is -0.0230. The van der Waals surface area contributed by atoms with Crippen LogP contribution in [0.1, 0.15) is 176 Å². The Kier molecular flexibility index (Phi) is 31.9. The van der Waals surface area contributed by atoms with Crippen molar-refractivity contribution in [2.24, 2.45) is 5.92 Å². The first-order valence-electron chi connectivity index (χ1n) is 22.8. The fourth-order valence-electron chi connectivity index (χ4n) is 8.07. The van der Waals surface area contributed by atoms with Crippen LogP contribution in [-0.2, 0) is 14.2 Å². The Morgan fingerprint density at radius 3 is 1.44 bits per heavy atom. The van der Waals surface area contributed by atoms with E-state index in [1.807, 2.05) is 66.8 Å². The van der Waals surface area contributed by atoms with Gasteiger partial charge in [0, 0.05) is 44.1 Å². The Balaban J connectivity index is 0.000000378. The Morgan fingerprint density at radius 2 is 0.981 bits per heavy atom. The number of ether oxygens (including phenoxy) is 3. The summed E-state index contributed by atoms with van der Waals surface area (Å²) in [5.41, 5.74) is 2.34. The Labute approximate surface area is 334 Å². The van der Waals surface area contributed by atoms with E-state index in [4.69, 9.17) is 14.2 Å². The molecule has 7 nitrogen and oxygen atoms in total. The minimum absolute atomic E-state index is 0.103. The number of pyridine rings is 1. The highest BCUT2D eigenvalue weighted by molar-refractivity contribution is 5.19. The first-order chi connectivity index (χ1) is 26.7. The predicted octanol–water partition coefficient (Wildman–Crippen LogP) is 11.4. The fourth-order valence-corrected chi connectivity index (χ4v) is 8.07. The summed E-state index contributed by atoms with van der Waals surface area (Å²) < 4.78 is 17.8. The average Bonchev–Trinajstić information content (AvgIpc) is 3.28. The third kappa shape index (κ3) is 19.3. The highest BCUT2D eigenvalue weighted by Crippen LogP contribution is 2.32. The van der Waals surface area contributed by atoms with Gasteiger partial charge < -0.3 is 30.2 Å². The van der Waals surface area contributed by atoms with E-state index in [1.165, 1.54) is 102 Å². The van der Waals surface area contributed by atoms with Crippen LogP contribution in [0.2, 0.25) is 0 Å². The van der Waals surface area contributed by atoms with Gasteiger partial charge in [-0.1, -0.05) is 116 Å². The Hall–Kier alpha value is -1.87. The summed E-state index contributed by atoms with van der Waals surface area (Å²) in [5.74, 6) is 0.823. The minimum Gasteiger partial charge on any atom is -0.377 e. The van der Waals surface area contributed by atoms with Gasteiger partial charge >= 0.3 is 0 Å². The lowest BCUT2D eigenvalue weighted by Crippen LogP contribution is -2.48. The molecule has 6 unspecified atom stereocenters. The van der Waals surface area contributed by atoms with Crippen molar-refractivity contribution in [3.8, 4) is 0 Å². The van der Waals surface area contributed by atoms with E-state index in [2.05, 4.69) is 71.2 Å². The van der Waals surface area contributed by atoms with Crippen molar-refractivity contribution in [1.29, 1.82) is 0 Å². The SMILES string of the molecule is CC.CC.CC.CCOC(C1CCCCC1)C1CCCCN1.CCOC(c1ccccc1)C1CCCCN1.CCOC(c1ccccn1)C1CCCCN1. The number of benzene rings is 1. The first-order valence-corrected chi connectivity index (χ1v) is 22.8. The van der Waals surface area contributed by atoms with Gasteiger partial charge in [-0.15, -0.1) is 0 Å². The van der Waals surface area contributed by atoms with Gasteiger partial charge in [0.25, 0.3) is 0 Å². The molecule has 0 amide bonds. The van der Waals surface area contributed by atoms with Gasteiger partial charge in [0.2, 0.25) is 0 Å². The van der Waals surface area contributed by atoms with Gasteiger partial charge in [0.1, 0.15) is 6.10 Å². The highest BCUT2D eigenvalue weighted by atomic mass is 16.5. The van der Waals surface area contributed by atoms with Gasteiger partial charge in [0.15, 0.2) is 0 Å². The number of nitrogens with one attached hydrogen (secondary N) is 3. The van der Waals surface area contributed by atoms with Crippen LogP contribution in [0, 0.1) is 5.92 Å². The summed E-state index contributed by atoms with van der Waals surface area (Å²) in [6.45, 7) is 24.1. The van der Waals surface area contributed by atoms with Crippen molar-refractivity contribution in [1.82, 2.24) is 20.9 Å². The molecule has 3 N–H and O–H groups in total. The summed E-state index contributed by atoms with van der Waals surface area (Å²) in [5, 5.41) is 10.8. The Morgan fingerprint density at radius 1 is 0.519 bits per heavy atom. The third-order valence-electron chi connectivity index (χ3n) is 10.4. The smallest absolute Gasteiger partial charge is 0.115 e. The molecule has 312 valence electrons. The van der Waals surface area contributed by atoms with E-state index in [1.54, 1.807) is 0 Å². The van der Waals surface area contributed by atoms with Crippen LogP contribution in [0.15, 0.2) is 54.7 Å². The molecule has 4 heterocycles. The topological polar surface area (TPSA) is 76.7 Å².